The number of phenols is 1. The zero-order chi connectivity index (χ0) is 13.8. The van der Waals surface area contributed by atoms with Gasteiger partial charge in [-0.3, -0.25) is 4.79 Å². The molecule has 98 valence electrons. The zero-order valence-electron chi connectivity index (χ0n) is 10.1. The first kappa shape index (κ1) is 13.6. The molecule has 0 aliphatic rings. The number of amides is 1. The Hall–Kier alpha value is -1.85. The minimum atomic E-state index is -0.510. The van der Waals surface area contributed by atoms with E-state index in [4.69, 9.17) is 11.6 Å². The predicted octanol–water partition coefficient (Wildman–Crippen LogP) is 3.18. The van der Waals surface area contributed by atoms with E-state index in [0.29, 0.717) is 5.02 Å². The summed E-state index contributed by atoms with van der Waals surface area (Å²) in [6.07, 6.45) is 1.55. The van der Waals surface area contributed by atoms with Crippen LogP contribution in [-0.4, -0.2) is 17.2 Å². The number of thiophene rings is 1. The van der Waals surface area contributed by atoms with E-state index in [-0.39, 0.29) is 11.3 Å². The van der Waals surface area contributed by atoms with Gasteiger partial charge >= 0.3 is 0 Å². The van der Waals surface area contributed by atoms with Gasteiger partial charge in [-0.15, -0.1) is 11.3 Å². The molecule has 1 aromatic carbocycles. The Balaban J connectivity index is 2.05. The van der Waals surface area contributed by atoms with Gasteiger partial charge in [0.25, 0.3) is 5.91 Å². The largest absolute Gasteiger partial charge is 0.507 e. The first-order chi connectivity index (χ1) is 9.06. The maximum Gasteiger partial charge on any atom is 0.275 e. The molecule has 0 saturated carbocycles. The first-order valence-electron chi connectivity index (χ1n) is 5.44. The molecule has 0 aliphatic carbocycles. The molecule has 6 heteroatoms. The van der Waals surface area contributed by atoms with Crippen LogP contribution in [-0.2, 0) is 0 Å². The van der Waals surface area contributed by atoms with E-state index in [0.717, 1.165) is 4.88 Å². The lowest BCUT2D eigenvalue weighted by Gasteiger charge is -2.02. The van der Waals surface area contributed by atoms with Crippen LogP contribution in [0.3, 0.4) is 0 Å². The average Bonchev–Trinajstić information content (AvgIpc) is 2.78. The van der Waals surface area contributed by atoms with Crippen molar-refractivity contribution in [1.29, 1.82) is 0 Å². The van der Waals surface area contributed by atoms with E-state index in [1.165, 1.54) is 23.1 Å². The number of hydrazone groups is 1. The number of carbonyl (C=O) groups is 1. The van der Waals surface area contributed by atoms with Gasteiger partial charge in [-0.25, -0.2) is 5.43 Å². The maximum absolute atomic E-state index is 11.8. The summed E-state index contributed by atoms with van der Waals surface area (Å²) in [5, 5.41) is 13.8. The molecule has 19 heavy (non-hydrogen) atoms. The van der Waals surface area contributed by atoms with Gasteiger partial charge in [-0.05, 0) is 37.3 Å². The van der Waals surface area contributed by atoms with Gasteiger partial charge in [0.15, 0.2) is 0 Å². The summed E-state index contributed by atoms with van der Waals surface area (Å²) in [7, 11) is 0. The Morgan fingerprint density at radius 2 is 2.21 bits per heavy atom. The van der Waals surface area contributed by atoms with E-state index in [1.54, 1.807) is 17.6 Å². The van der Waals surface area contributed by atoms with Crippen LogP contribution in [0.25, 0.3) is 0 Å². The fourth-order valence-electron chi connectivity index (χ4n) is 1.43. The molecule has 2 N–H and O–H groups in total. The van der Waals surface area contributed by atoms with Crippen molar-refractivity contribution in [1.82, 2.24) is 5.43 Å². The van der Waals surface area contributed by atoms with Crippen molar-refractivity contribution in [3.63, 3.8) is 0 Å². The molecule has 4 nitrogen and oxygen atoms in total. The molecule has 0 aliphatic heterocycles. The zero-order valence-corrected chi connectivity index (χ0v) is 11.6. The third kappa shape index (κ3) is 3.56. The van der Waals surface area contributed by atoms with Crippen LogP contribution in [0, 0.1) is 6.92 Å². The molecule has 0 fully saturated rings. The van der Waals surface area contributed by atoms with Crippen LogP contribution in [0.4, 0.5) is 0 Å². The lowest BCUT2D eigenvalue weighted by molar-refractivity contribution is 0.0952. The molecular formula is C13H11ClN2O2S. The quantitative estimate of drug-likeness (QED) is 0.674. The topological polar surface area (TPSA) is 61.7 Å². The fraction of sp³-hybridized carbons (Fsp3) is 0.0769. The molecule has 0 spiro atoms. The van der Waals surface area contributed by atoms with Crippen molar-refractivity contribution in [2.24, 2.45) is 5.10 Å². The molecule has 2 rings (SSSR count). The predicted molar refractivity (Wildman–Crippen MR) is 77.2 cm³/mol. The average molecular weight is 295 g/mol. The summed E-state index contributed by atoms with van der Waals surface area (Å²) in [5.74, 6) is -0.645. The second kappa shape index (κ2) is 5.86. The molecule has 1 heterocycles. The van der Waals surface area contributed by atoms with E-state index in [2.05, 4.69) is 10.5 Å². The summed E-state index contributed by atoms with van der Waals surface area (Å²) in [6.45, 7) is 1.99. The van der Waals surface area contributed by atoms with E-state index in [9.17, 15) is 9.90 Å². The molecule has 1 aromatic heterocycles. The lowest BCUT2D eigenvalue weighted by Crippen LogP contribution is -2.17. The summed E-state index contributed by atoms with van der Waals surface area (Å²) < 4.78 is 0. The highest BCUT2D eigenvalue weighted by atomic mass is 35.5. The normalized spacial score (nSPS) is 10.8. The number of nitrogens with zero attached hydrogens (tertiary/aromatic N) is 1. The highest BCUT2D eigenvalue weighted by molar-refractivity contribution is 7.13. The number of halogens is 1. The van der Waals surface area contributed by atoms with Crippen LogP contribution in [0.2, 0.25) is 5.02 Å². The van der Waals surface area contributed by atoms with Crippen LogP contribution >= 0.6 is 22.9 Å². The minimum absolute atomic E-state index is 0.0898. The highest BCUT2D eigenvalue weighted by Crippen LogP contribution is 2.21. The molecule has 0 radical (unpaired) electrons. The lowest BCUT2D eigenvalue weighted by atomic mass is 10.2. The standard InChI is InChI=1S/C13H11ClN2O2S/c1-8-2-4-10(19-8)7-15-16-13(18)11-6-9(14)3-5-12(11)17/h2-7,17H,1H3,(H,16,18). The number of aromatic hydroxyl groups is 1. The highest BCUT2D eigenvalue weighted by Gasteiger charge is 2.10. The van der Waals surface area contributed by atoms with Gasteiger partial charge in [0.1, 0.15) is 5.75 Å². The fourth-order valence-corrected chi connectivity index (χ4v) is 2.35. The number of phenolic OH excluding ortho intramolecular Hbond substituents is 1. The van der Waals surface area contributed by atoms with Crippen LogP contribution < -0.4 is 5.43 Å². The van der Waals surface area contributed by atoms with Gasteiger partial charge < -0.3 is 5.11 Å². The van der Waals surface area contributed by atoms with Gasteiger partial charge in [0.2, 0.25) is 0 Å². The molecule has 0 bridgehead atoms. The van der Waals surface area contributed by atoms with Crippen molar-refractivity contribution < 1.29 is 9.90 Å². The van der Waals surface area contributed by atoms with Crippen molar-refractivity contribution in [2.75, 3.05) is 0 Å². The molecular weight excluding hydrogens is 284 g/mol. The molecule has 0 atom stereocenters. The third-order valence-electron chi connectivity index (χ3n) is 2.32. The minimum Gasteiger partial charge on any atom is -0.507 e. The molecule has 0 saturated heterocycles. The monoisotopic (exact) mass is 294 g/mol. The number of hydrogen-bond donors (Lipinski definition) is 2. The summed E-state index contributed by atoms with van der Waals surface area (Å²) in [6, 6.07) is 8.13. The molecule has 2 aromatic rings. The van der Waals surface area contributed by atoms with Crippen LogP contribution in [0.15, 0.2) is 35.4 Å². The second-order valence-electron chi connectivity index (χ2n) is 3.81. The summed E-state index contributed by atoms with van der Waals surface area (Å²) in [5.41, 5.74) is 2.43. The van der Waals surface area contributed by atoms with Gasteiger partial charge in [0.05, 0.1) is 11.8 Å². The third-order valence-corrected chi connectivity index (χ3v) is 3.49. The number of nitrogens with one attached hydrogen (secondary N) is 1. The van der Waals surface area contributed by atoms with Crippen molar-refractivity contribution in [2.45, 2.75) is 6.92 Å². The maximum atomic E-state index is 11.8. The van der Waals surface area contributed by atoms with Crippen LogP contribution in [0.5, 0.6) is 5.75 Å². The Kier molecular flexibility index (Phi) is 4.19. The number of hydrogen-bond acceptors (Lipinski definition) is 4. The number of aryl methyl sites for hydroxylation is 1. The van der Waals surface area contributed by atoms with Gasteiger partial charge in [-0.2, -0.15) is 5.10 Å². The first-order valence-corrected chi connectivity index (χ1v) is 6.64. The number of benzene rings is 1. The van der Waals surface area contributed by atoms with Crippen LogP contribution in [0.1, 0.15) is 20.1 Å². The summed E-state index contributed by atoms with van der Waals surface area (Å²) >= 11 is 7.34. The Labute approximate surface area is 119 Å². The molecule has 0 unspecified atom stereocenters. The summed E-state index contributed by atoms with van der Waals surface area (Å²) in [4.78, 5) is 13.9. The number of rotatable bonds is 3. The van der Waals surface area contributed by atoms with Crippen molar-refractivity contribution in [3.8, 4) is 5.75 Å². The second-order valence-corrected chi connectivity index (χ2v) is 5.56. The SMILES string of the molecule is Cc1ccc(C=NNC(=O)c2cc(Cl)ccc2O)s1. The Bertz CT molecular complexity index is 637. The molecule has 1 amide bonds. The van der Waals surface area contributed by atoms with Gasteiger partial charge in [-0.1, -0.05) is 11.6 Å². The Morgan fingerprint density at radius 3 is 2.89 bits per heavy atom. The van der Waals surface area contributed by atoms with Gasteiger partial charge in [0, 0.05) is 14.8 Å². The Morgan fingerprint density at radius 1 is 1.42 bits per heavy atom. The van der Waals surface area contributed by atoms with Crippen molar-refractivity contribution in [3.05, 3.63) is 50.7 Å². The number of carbonyl (C=O) groups excluding carboxylic acids is 1. The smallest absolute Gasteiger partial charge is 0.275 e. The van der Waals surface area contributed by atoms with Crippen molar-refractivity contribution >= 4 is 35.1 Å². The van der Waals surface area contributed by atoms with E-state index >= 15 is 0 Å². The van der Waals surface area contributed by atoms with E-state index < -0.39 is 5.91 Å². The van der Waals surface area contributed by atoms with E-state index in [1.807, 2.05) is 19.1 Å².